The lowest BCUT2D eigenvalue weighted by molar-refractivity contribution is -0.122. The van der Waals surface area contributed by atoms with Crippen molar-refractivity contribution in [1.82, 2.24) is 9.78 Å². The predicted octanol–water partition coefficient (Wildman–Crippen LogP) is 2.81. The Morgan fingerprint density at radius 2 is 1.96 bits per heavy atom. The molecular formula is C18H23N3O3S. The number of para-hydroxylation sites is 1. The monoisotopic (exact) mass is 361 g/mol. The minimum absolute atomic E-state index is 0.255. The van der Waals surface area contributed by atoms with Crippen LogP contribution in [0, 0.1) is 0 Å². The quantitative estimate of drug-likeness (QED) is 0.909. The van der Waals surface area contributed by atoms with E-state index in [0.29, 0.717) is 23.1 Å². The third kappa shape index (κ3) is 3.76. The molecule has 0 radical (unpaired) electrons. The van der Waals surface area contributed by atoms with Crippen LogP contribution in [0.5, 0.6) is 5.75 Å². The van der Waals surface area contributed by atoms with Crippen molar-refractivity contribution >= 4 is 22.5 Å². The van der Waals surface area contributed by atoms with Gasteiger partial charge in [-0.3, -0.25) is 9.00 Å². The summed E-state index contributed by atoms with van der Waals surface area (Å²) >= 11 is 0. The van der Waals surface area contributed by atoms with Gasteiger partial charge < -0.3 is 10.1 Å². The van der Waals surface area contributed by atoms with Crippen molar-refractivity contribution in [2.45, 2.75) is 50.8 Å². The molecule has 3 rings (SSSR count). The zero-order chi connectivity index (χ0) is 18.2. The lowest BCUT2D eigenvalue weighted by Gasteiger charge is -2.24. The second kappa shape index (κ2) is 6.63. The lowest BCUT2D eigenvalue weighted by Crippen LogP contribution is -2.33. The topological polar surface area (TPSA) is 73.2 Å². The van der Waals surface area contributed by atoms with Gasteiger partial charge in [-0.15, -0.1) is 0 Å². The molecule has 2 aromatic rings. The van der Waals surface area contributed by atoms with Crippen LogP contribution in [0.4, 0.5) is 5.82 Å². The van der Waals surface area contributed by atoms with Crippen molar-refractivity contribution in [2.24, 2.45) is 0 Å². The first-order chi connectivity index (χ1) is 11.8. The second-order valence-corrected chi connectivity index (χ2v) is 8.60. The van der Waals surface area contributed by atoms with Gasteiger partial charge in [-0.05, 0) is 39.8 Å². The summed E-state index contributed by atoms with van der Waals surface area (Å²) in [4.78, 5) is 12.6. The Balaban J connectivity index is 1.82. The van der Waals surface area contributed by atoms with Gasteiger partial charge in [-0.25, -0.2) is 4.68 Å². The molecule has 25 heavy (non-hydrogen) atoms. The Kier molecular flexibility index (Phi) is 4.69. The Morgan fingerprint density at radius 1 is 1.28 bits per heavy atom. The molecule has 1 aromatic carbocycles. The summed E-state index contributed by atoms with van der Waals surface area (Å²) in [7, 11) is -0.949. The molecule has 1 aromatic heterocycles. The minimum Gasteiger partial charge on any atom is -0.481 e. The number of rotatable bonds is 4. The summed E-state index contributed by atoms with van der Waals surface area (Å²) in [5.74, 6) is 1.88. The summed E-state index contributed by atoms with van der Waals surface area (Å²) in [5, 5.41) is 7.52. The van der Waals surface area contributed by atoms with Gasteiger partial charge in [0.15, 0.2) is 6.10 Å². The molecule has 0 aliphatic carbocycles. The molecule has 1 aliphatic heterocycles. The van der Waals surface area contributed by atoms with E-state index in [9.17, 15) is 9.00 Å². The molecule has 0 saturated carbocycles. The van der Waals surface area contributed by atoms with Crippen molar-refractivity contribution < 1.29 is 13.7 Å². The molecule has 134 valence electrons. The minimum atomic E-state index is -0.949. The van der Waals surface area contributed by atoms with Gasteiger partial charge in [0.2, 0.25) is 0 Å². The number of hydrogen-bond acceptors (Lipinski definition) is 4. The number of aromatic nitrogens is 2. The van der Waals surface area contributed by atoms with E-state index in [0.717, 1.165) is 11.3 Å². The SMILES string of the molecule is C[C@H](Oc1ccccc1)C(=O)Nc1c2c(nn1C(C)(C)C)C[S@](=O)C2. The van der Waals surface area contributed by atoms with E-state index in [1.165, 1.54) is 0 Å². The Labute approximate surface area is 150 Å². The highest BCUT2D eigenvalue weighted by molar-refractivity contribution is 7.83. The Morgan fingerprint density at radius 3 is 2.60 bits per heavy atom. The molecule has 2 heterocycles. The first kappa shape index (κ1) is 17.7. The average molecular weight is 361 g/mol. The van der Waals surface area contributed by atoms with Crippen LogP contribution in [-0.4, -0.2) is 26.0 Å². The van der Waals surface area contributed by atoms with Crippen LogP contribution < -0.4 is 10.1 Å². The van der Waals surface area contributed by atoms with Crippen LogP contribution in [0.1, 0.15) is 39.0 Å². The molecule has 6 nitrogen and oxygen atoms in total. The van der Waals surface area contributed by atoms with E-state index in [-0.39, 0.29) is 11.4 Å². The number of carbonyl (C=O) groups is 1. The normalized spacial score (nSPS) is 17.8. The third-order valence-electron chi connectivity index (χ3n) is 3.97. The highest BCUT2D eigenvalue weighted by Crippen LogP contribution is 2.33. The van der Waals surface area contributed by atoms with Crippen molar-refractivity contribution in [1.29, 1.82) is 0 Å². The largest absolute Gasteiger partial charge is 0.481 e. The summed E-state index contributed by atoms with van der Waals surface area (Å²) < 4.78 is 19.4. The van der Waals surface area contributed by atoms with Crippen LogP contribution in [0.15, 0.2) is 30.3 Å². The molecule has 1 aliphatic rings. The molecule has 0 spiro atoms. The van der Waals surface area contributed by atoms with Gasteiger partial charge in [0.25, 0.3) is 5.91 Å². The van der Waals surface area contributed by atoms with E-state index < -0.39 is 16.9 Å². The van der Waals surface area contributed by atoms with Gasteiger partial charge in [0.1, 0.15) is 11.6 Å². The lowest BCUT2D eigenvalue weighted by atomic mass is 10.1. The highest BCUT2D eigenvalue weighted by Gasteiger charge is 2.32. The summed E-state index contributed by atoms with van der Waals surface area (Å²) in [6.07, 6.45) is -0.659. The van der Waals surface area contributed by atoms with Gasteiger partial charge in [0, 0.05) is 16.4 Å². The number of nitrogens with one attached hydrogen (secondary N) is 1. The fourth-order valence-corrected chi connectivity index (χ4v) is 3.98. The molecule has 0 bridgehead atoms. The zero-order valence-corrected chi connectivity index (χ0v) is 15.7. The van der Waals surface area contributed by atoms with Gasteiger partial charge >= 0.3 is 0 Å². The van der Waals surface area contributed by atoms with E-state index in [4.69, 9.17) is 4.74 Å². The molecule has 7 heteroatoms. The number of nitrogens with zero attached hydrogens (tertiary/aromatic N) is 2. The van der Waals surface area contributed by atoms with Crippen molar-refractivity contribution in [2.75, 3.05) is 5.32 Å². The number of carbonyl (C=O) groups excluding carboxylic acids is 1. The Bertz CT molecular complexity index is 809. The fraction of sp³-hybridized carbons (Fsp3) is 0.444. The van der Waals surface area contributed by atoms with Crippen molar-refractivity contribution in [3.8, 4) is 5.75 Å². The van der Waals surface area contributed by atoms with Crippen LogP contribution >= 0.6 is 0 Å². The number of fused-ring (bicyclic) bond motifs is 1. The second-order valence-electron chi connectivity index (χ2n) is 7.15. The van der Waals surface area contributed by atoms with Crippen LogP contribution in [-0.2, 0) is 32.6 Å². The van der Waals surface area contributed by atoms with Crippen LogP contribution in [0.25, 0.3) is 0 Å². The summed E-state index contributed by atoms with van der Waals surface area (Å²) in [5.41, 5.74) is 1.38. The maximum Gasteiger partial charge on any atom is 0.266 e. The van der Waals surface area contributed by atoms with Gasteiger partial charge in [-0.1, -0.05) is 18.2 Å². The van der Waals surface area contributed by atoms with E-state index in [1.54, 1.807) is 11.6 Å². The standard InChI is InChI=1S/C18H23N3O3S/c1-12(24-13-8-6-5-7-9-13)17(22)19-16-14-10-25(23)11-15(14)20-21(16)18(2,3)4/h5-9,12H,10-11H2,1-4H3,(H,19,22)/t12-,25+/m0/s1. The molecule has 1 N–H and O–H groups in total. The Hall–Kier alpha value is -2.15. The number of anilines is 1. The van der Waals surface area contributed by atoms with E-state index in [1.807, 2.05) is 51.1 Å². The molecule has 0 saturated heterocycles. The van der Waals surface area contributed by atoms with E-state index >= 15 is 0 Å². The summed E-state index contributed by atoms with van der Waals surface area (Å²) in [6.45, 7) is 7.77. The van der Waals surface area contributed by atoms with Gasteiger partial charge in [0.05, 0.1) is 22.7 Å². The maximum atomic E-state index is 12.6. The number of benzene rings is 1. The van der Waals surface area contributed by atoms with E-state index in [2.05, 4.69) is 10.4 Å². The number of ether oxygens (including phenoxy) is 1. The van der Waals surface area contributed by atoms with Crippen molar-refractivity contribution in [3.05, 3.63) is 41.6 Å². The van der Waals surface area contributed by atoms with Crippen LogP contribution in [0.3, 0.4) is 0 Å². The van der Waals surface area contributed by atoms with Crippen LogP contribution in [0.2, 0.25) is 0 Å². The molecule has 1 amide bonds. The summed E-state index contributed by atoms with van der Waals surface area (Å²) in [6, 6.07) is 9.23. The predicted molar refractivity (Wildman–Crippen MR) is 97.9 cm³/mol. The molecule has 2 atom stereocenters. The number of amides is 1. The molecule has 0 fully saturated rings. The first-order valence-corrected chi connectivity index (χ1v) is 9.73. The van der Waals surface area contributed by atoms with Crippen molar-refractivity contribution in [3.63, 3.8) is 0 Å². The maximum absolute atomic E-state index is 12.6. The first-order valence-electron chi connectivity index (χ1n) is 8.24. The molecule has 0 unspecified atom stereocenters. The smallest absolute Gasteiger partial charge is 0.266 e. The zero-order valence-electron chi connectivity index (χ0n) is 14.9. The fourth-order valence-electron chi connectivity index (χ4n) is 2.72. The average Bonchev–Trinajstić information content (AvgIpc) is 3.05. The van der Waals surface area contributed by atoms with Gasteiger partial charge in [-0.2, -0.15) is 5.10 Å². The number of hydrogen-bond donors (Lipinski definition) is 1. The highest BCUT2D eigenvalue weighted by atomic mass is 32.2. The third-order valence-corrected chi connectivity index (χ3v) is 5.18. The molecular weight excluding hydrogens is 338 g/mol.